The van der Waals surface area contributed by atoms with Crippen LogP contribution in [0.1, 0.15) is 18.9 Å². The number of nitrogens with zero attached hydrogens (tertiary/aromatic N) is 1. The molecule has 0 radical (unpaired) electrons. The van der Waals surface area contributed by atoms with Crippen molar-refractivity contribution in [2.24, 2.45) is 4.99 Å². The Morgan fingerprint density at radius 2 is 1.79 bits per heavy atom. The van der Waals surface area contributed by atoms with Gasteiger partial charge in [0.1, 0.15) is 0 Å². The van der Waals surface area contributed by atoms with Crippen LogP contribution in [-0.4, -0.2) is 40.4 Å². The van der Waals surface area contributed by atoms with Gasteiger partial charge in [0, 0.05) is 31.0 Å². The molecular weight excluding hydrogens is 378 g/mol. The van der Waals surface area contributed by atoms with Gasteiger partial charge in [0.2, 0.25) is 0 Å². The number of benzene rings is 2. The Morgan fingerprint density at radius 3 is 2.46 bits per heavy atom. The summed E-state index contributed by atoms with van der Waals surface area (Å²) < 4.78 is 34.5. The van der Waals surface area contributed by atoms with Crippen molar-refractivity contribution in [3.05, 3.63) is 48.0 Å². The first kappa shape index (κ1) is 20.0. The molecule has 0 saturated carbocycles. The van der Waals surface area contributed by atoms with Crippen LogP contribution in [-0.2, 0) is 16.4 Å². The minimum atomic E-state index is -3.19. The lowest BCUT2D eigenvalue weighted by Gasteiger charge is -2.14. The van der Waals surface area contributed by atoms with E-state index >= 15 is 0 Å². The minimum Gasteiger partial charge on any atom is -0.490 e. The van der Waals surface area contributed by atoms with Gasteiger partial charge in [-0.2, -0.15) is 0 Å². The second kappa shape index (κ2) is 8.97. The zero-order chi connectivity index (χ0) is 20.0. The molecule has 0 unspecified atom stereocenters. The van der Waals surface area contributed by atoms with Gasteiger partial charge in [0.25, 0.3) is 0 Å². The predicted molar refractivity (Wildman–Crippen MR) is 110 cm³/mol. The molecule has 0 fully saturated rings. The summed E-state index contributed by atoms with van der Waals surface area (Å²) in [4.78, 5) is 4.88. The van der Waals surface area contributed by atoms with E-state index in [0.29, 0.717) is 37.2 Å². The molecule has 2 N–H and O–H groups in total. The van der Waals surface area contributed by atoms with Gasteiger partial charge in [-0.15, -0.1) is 0 Å². The standard InChI is InChI=1S/C20H25N3O4S/c1-3-21-20(22-14-15-5-8-17(9-6-15)28(2,24)25)23-16-7-10-18-19(13-16)27-12-4-11-26-18/h5-10,13H,3-4,11-12,14H2,1-2H3,(H2,21,22,23). The largest absolute Gasteiger partial charge is 0.490 e. The van der Waals surface area contributed by atoms with Crippen LogP contribution in [0.4, 0.5) is 5.69 Å². The normalized spacial score (nSPS) is 14.3. The number of sulfone groups is 1. The fraction of sp³-hybridized carbons (Fsp3) is 0.350. The third-order valence-electron chi connectivity index (χ3n) is 4.13. The molecule has 0 bridgehead atoms. The average molecular weight is 404 g/mol. The SMILES string of the molecule is CCNC(=NCc1ccc(S(C)(=O)=O)cc1)Nc1ccc2c(c1)OCCCO2. The van der Waals surface area contributed by atoms with Gasteiger partial charge < -0.3 is 20.1 Å². The molecule has 0 saturated heterocycles. The Kier molecular flexibility index (Phi) is 6.41. The fourth-order valence-electron chi connectivity index (χ4n) is 2.70. The Bertz CT molecular complexity index is 940. The van der Waals surface area contributed by atoms with E-state index in [1.807, 2.05) is 25.1 Å². The highest BCUT2D eigenvalue weighted by Gasteiger charge is 2.11. The summed E-state index contributed by atoms with van der Waals surface area (Å²) in [5, 5.41) is 6.46. The first-order valence-electron chi connectivity index (χ1n) is 9.19. The van der Waals surface area contributed by atoms with Gasteiger partial charge in [0.15, 0.2) is 27.3 Å². The van der Waals surface area contributed by atoms with Crippen LogP contribution in [0, 0.1) is 0 Å². The molecule has 2 aromatic carbocycles. The van der Waals surface area contributed by atoms with Crippen LogP contribution >= 0.6 is 0 Å². The van der Waals surface area contributed by atoms with Gasteiger partial charge in [-0.1, -0.05) is 12.1 Å². The Morgan fingerprint density at radius 1 is 1.07 bits per heavy atom. The maximum absolute atomic E-state index is 11.6. The Balaban J connectivity index is 1.71. The first-order valence-corrected chi connectivity index (χ1v) is 11.1. The van der Waals surface area contributed by atoms with E-state index in [1.54, 1.807) is 24.3 Å². The third-order valence-corrected chi connectivity index (χ3v) is 5.25. The Labute approximate surface area is 165 Å². The lowest BCUT2D eigenvalue weighted by atomic mass is 10.2. The average Bonchev–Trinajstić information content (AvgIpc) is 2.91. The van der Waals surface area contributed by atoms with E-state index in [1.165, 1.54) is 6.26 Å². The lowest BCUT2D eigenvalue weighted by Crippen LogP contribution is -2.30. The second-order valence-corrected chi connectivity index (χ2v) is 8.46. The maximum Gasteiger partial charge on any atom is 0.196 e. The molecule has 0 aromatic heterocycles. The quantitative estimate of drug-likeness (QED) is 0.590. The Hall–Kier alpha value is -2.74. The lowest BCUT2D eigenvalue weighted by molar-refractivity contribution is 0.297. The molecule has 7 nitrogen and oxygen atoms in total. The number of aliphatic imine (C=N–C) groups is 1. The number of nitrogens with one attached hydrogen (secondary N) is 2. The molecule has 28 heavy (non-hydrogen) atoms. The summed E-state index contributed by atoms with van der Waals surface area (Å²) in [5.74, 6) is 2.09. The summed E-state index contributed by atoms with van der Waals surface area (Å²) in [6.07, 6.45) is 2.06. The first-order chi connectivity index (χ1) is 13.5. The molecule has 150 valence electrons. The number of fused-ring (bicyclic) bond motifs is 1. The van der Waals surface area contributed by atoms with Gasteiger partial charge >= 0.3 is 0 Å². The van der Waals surface area contributed by atoms with Crippen LogP contribution in [0.3, 0.4) is 0 Å². The predicted octanol–water partition coefficient (Wildman–Crippen LogP) is 2.83. The molecular formula is C20H25N3O4S. The van der Waals surface area contributed by atoms with Crippen LogP contribution < -0.4 is 20.1 Å². The number of rotatable bonds is 5. The molecule has 0 spiro atoms. The molecule has 8 heteroatoms. The van der Waals surface area contributed by atoms with Crippen molar-refractivity contribution in [3.8, 4) is 11.5 Å². The number of anilines is 1. The van der Waals surface area contributed by atoms with E-state index in [9.17, 15) is 8.42 Å². The second-order valence-electron chi connectivity index (χ2n) is 6.45. The number of ether oxygens (including phenoxy) is 2. The van der Waals surface area contributed by atoms with E-state index in [0.717, 1.165) is 29.2 Å². The molecule has 1 aliphatic rings. The maximum atomic E-state index is 11.6. The summed E-state index contributed by atoms with van der Waals surface area (Å²) in [5.41, 5.74) is 1.76. The van der Waals surface area contributed by atoms with Crippen LogP contribution in [0.25, 0.3) is 0 Å². The van der Waals surface area contributed by atoms with Crippen LogP contribution in [0.15, 0.2) is 52.4 Å². The van der Waals surface area contributed by atoms with E-state index < -0.39 is 9.84 Å². The zero-order valence-corrected chi connectivity index (χ0v) is 16.9. The molecule has 3 rings (SSSR count). The van der Waals surface area contributed by atoms with Crippen molar-refractivity contribution in [3.63, 3.8) is 0 Å². The summed E-state index contributed by atoms with van der Waals surface area (Å²) in [6, 6.07) is 12.5. The summed E-state index contributed by atoms with van der Waals surface area (Å²) >= 11 is 0. The highest BCUT2D eigenvalue weighted by Crippen LogP contribution is 2.32. The topological polar surface area (TPSA) is 89.0 Å². The van der Waals surface area contributed by atoms with Crippen molar-refractivity contribution >= 4 is 21.5 Å². The third kappa shape index (κ3) is 5.39. The number of hydrogen-bond acceptors (Lipinski definition) is 5. The van der Waals surface area contributed by atoms with E-state index in [4.69, 9.17) is 9.47 Å². The minimum absolute atomic E-state index is 0.303. The highest BCUT2D eigenvalue weighted by atomic mass is 32.2. The van der Waals surface area contributed by atoms with Crippen molar-refractivity contribution in [2.75, 3.05) is 31.3 Å². The monoisotopic (exact) mass is 403 g/mol. The van der Waals surface area contributed by atoms with Crippen molar-refractivity contribution in [1.29, 1.82) is 0 Å². The molecule has 0 amide bonds. The molecule has 1 aliphatic heterocycles. The van der Waals surface area contributed by atoms with Crippen LogP contribution in [0.2, 0.25) is 0 Å². The van der Waals surface area contributed by atoms with Gasteiger partial charge in [-0.05, 0) is 36.8 Å². The van der Waals surface area contributed by atoms with Crippen LogP contribution in [0.5, 0.6) is 11.5 Å². The van der Waals surface area contributed by atoms with Gasteiger partial charge in [-0.3, -0.25) is 0 Å². The van der Waals surface area contributed by atoms with E-state index in [-0.39, 0.29) is 0 Å². The fourth-order valence-corrected chi connectivity index (χ4v) is 3.33. The van der Waals surface area contributed by atoms with Crippen molar-refractivity contribution < 1.29 is 17.9 Å². The summed E-state index contributed by atoms with van der Waals surface area (Å²) in [7, 11) is -3.19. The van der Waals surface area contributed by atoms with Gasteiger partial charge in [-0.25, -0.2) is 13.4 Å². The van der Waals surface area contributed by atoms with Crippen molar-refractivity contribution in [1.82, 2.24) is 5.32 Å². The van der Waals surface area contributed by atoms with Crippen molar-refractivity contribution in [2.45, 2.75) is 24.8 Å². The number of guanidine groups is 1. The molecule has 2 aromatic rings. The number of hydrogen-bond donors (Lipinski definition) is 2. The zero-order valence-electron chi connectivity index (χ0n) is 16.1. The molecule has 0 atom stereocenters. The highest BCUT2D eigenvalue weighted by molar-refractivity contribution is 7.90. The smallest absolute Gasteiger partial charge is 0.196 e. The summed E-state index contributed by atoms with van der Waals surface area (Å²) in [6.45, 7) is 4.41. The molecule has 0 aliphatic carbocycles. The van der Waals surface area contributed by atoms with E-state index in [2.05, 4.69) is 15.6 Å². The molecule has 1 heterocycles. The van der Waals surface area contributed by atoms with Gasteiger partial charge in [0.05, 0.1) is 24.7 Å².